The summed E-state index contributed by atoms with van der Waals surface area (Å²) in [6.07, 6.45) is 80.5. The molecule has 0 aromatic carbocycles. The minimum absolute atomic E-state index is 0.117. The molecule has 71 heavy (non-hydrogen) atoms. The standard InChI is InChI=1S/C65H106O6/c1-4-7-10-13-16-19-22-25-28-31-32-35-37-40-43-46-49-52-55-58-64(67)70-61-62(71-65(68)59-56-53-50-47-44-41-38-34-30-27-24-21-18-15-12-9-6-3)60-69-63(66)57-54-51-48-45-42-39-36-33-29-26-23-20-17-14-11-8-5-2/h7,10,16-17,19-20,25-30,32,35-36,39-40,43,45,48,62H,4-6,8-9,11-15,18,21-24,31,33-34,37-38,41-42,44,46-47,49-61H2,1-3H3/b10-7-,19-16-,20-17-,28-25-,29-26-,30-27-,35-32-,39-36-,43-40-,48-45-/t62-/m0/s1. The molecule has 0 saturated heterocycles. The molecule has 0 saturated carbocycles. The van der Waals surface area contributed by atoms with E-state index in [0.29, 0.717) is 19.3 Å². The van der Waals surface area contributed by atoms with Crippen LogP contribution >= 0.6 is 0 Å². The third-order valence-corrected chi connectivity index (χ3v) is 11.9. The van der Waals surface area contributed by atoms with Gasteiger partial charge in [0, 0.05) is 19.3 Å². The second kappa shape index (κ2) is 58.4. The Bertz CT molecular complexity index is 1500. The van der Waals surface area contributed by atoms with Crippen LogP contribution in [0.25, 0.3) is 0 Å². The van der Waals surface area contributed by atoms with Crippen LogP contribution in [-0.2, 0) is 28.6 Å². The fourth-order valence-corrected chi connectivity index (χ4v) is 7.57. The first-order valence-corrected chi connectivity index (χ1v) is 29.0. The number of hydrogen-bond acceptors (Lipinski definition) is 6. The highest BCUT2D eigenvalue weighted by molar-refractivity contribution is 5.71. The van der Waals surface area contributed by atoms with E-state index in [4.69, 9.17) is 14.2 Å². The van der Waals surface area contributed by atoms with Crippen LogP contribution in [0.2, 0.25) is 0 Å². The molecule has 6 heteroatoms. The molecule has 0 aromatic rings. The molecular formula is C65H106O6. The maximum absolute atomic E-state index is 12.9. The summed E-state index contributed by atoms with van der Waals surface area (Å²) in [6, 6.07) is 0. The van der Waals surface area contributed by atoms with Crippen molar-refractivity contribution in [1.82, 2.24) is 0 Å². The molecule has 0 rings (SSSR count). The molecule has 0 bridgehead atoms. The van der Waals surface area contributed by atoms with Gasteiger partial charge < -0.3 is 14.2 Å². The van der Waals surface area contributed by atoms with Crippen LogP contribution in [0.1, 0.15) is 252 Å². The van der Waals surface area contributed by atoms with Gasteiger partial charge in [0.1, 0.15) is 13.2 Å². The zero-order valence-electron chi connectivity index (χ0n) is 45.9. The van der Waals surface area contributed by atoms with E-state index in [1.54, 1.807) is 0 Å². The van der Waals surface area contributed by atoms with Gasteiger partial charge in [0.2, 0.25) is 0 Å². The molecular weight excluding hydrogens is 877 g/mol. The van der Waals surface area contributed by atoms with E-state index in [9.17, 15) is 14.4 Å². The van der Waals surface area contributed by atoms with E-state index in [2.05, 4.69) is 142 Å². The van der Waals surface area contributed by atoms with E-state index < -0.39 is 6.10 Å². The summed E-state index contributed by atoms with van der Waals surface area (Å²) in [7, 11) is 0. The highest BCUT2D eigenvalue weighted by Gasteiger charge is 2.19. The molecule has 0 aromatic heterocycles. The maximum atomic E-state index is 12.9. The summed E-state index contributed by atoms with van der Waals surface area (Å²) in [5.41, 5.74) is 0. The number of carbonyl (C=O) groups is 3. The van der Waals surface area contributed by atoms with Gasteiger partial charge in [0.25, 0.3) is 0 Å². The van der Waals surface area contributed by atoms with Crippen molar-refractivity contribution in [2.45, 2.75) is 258 Å². The quantitative estimate of drug-likeness (QED) is 0.0261. The number of ether oxygens (including phenoxy) is 3. The van der Waals surface area contributed by atoms with E-state index in [1.165, 1.54) is 103 Å². The van der Waals surface area contributed by atoms with Crippen molar-refractivity contribution in [2.75, 3.05) is 13.2 Å². The molecule has 1 atom stereocenters. The molecule has 402 valence electrons. The van der Waals surface area contributed by atoms with Crippen LogP contribution in [0, 0.1) is 0 Å². The van der Waals surface area contributed by atoms with E-state index >= 15 is 0 Å². The van der Waals surface area contributed by atoms with Crippen LogP contribution < -0.4 is 0 Å². The second-order valence-corrected chi connectivity index (χ2v) is 18.8. The van der Waals surface area contributed by atoms with Crippen molar-refractivity contribution in [2.24, 2.45) is 0 Å². The average Bonchev–Trinajstić information content (AvgIpc) is 3.37. The molecule has 0 radical (unpaired) electrons. The summed E-state index contributed by atoms with van der Waals surface area (Å²) in [4.78, 5) is 38.2. The number of rotatable bonds is 51. The smallest absolute Gasteiger partial charge is 0.306 e. The molecule has 0 aliphatic rings. The first-order valence-electron chi connectivity index (χ1n) is 29.0. The third kappa shape index (κ3) is 56.6. The van der Waals surface area contributed by atoms with Crippen molar-refractivity contribution in [3.05, 3.63) is 122 Å². The lowest BCUT2D eigenvalue weighted by atomic mass is 10.1. The second-order valence-electron chi connectivity index (χ2n) is 18.8. The largest absolute Gasteiger partial charge is 0.462 e. The van der Waals surface area contributed by atoms with Crippen LogP contribution in [0.5, 0.6) is 0 Å². The Morgan fingerprint density at radius 3 is 0.972 bits per heavy atom. The summed E-state index contributed by atoms with van der Waals surface area (Å²) >= 11 is 0. The Hall–Kier alpha value is -4.19. The first-order chi connectivity index (χ1) is 35.0. The molecule has 0 unspecified atom stereocenters. The predicted octanol–water partition coefficient (Wildman–Crippen LogP) is 19.6. The minimum atomic E-state index is -0.820. The lowest BCUT2D eigenvalue weighted by Gasteiger charge is -2.18. The Morgan fingerprint density at radius 1 is 0.296 bits per heavy atom. The molecule has 0 N–H and O–H groups in total. The number of carbonyl (C=O) groups excluding carboxylic acids is 3. The first kappa shape index (κ1) is 66.8. The summed E-state index contributed by atoms with van der Waals surface area (Å²) in [6.45, 7) is 6.41. The van der Waals surface area contributed by atoms with Gasteiger partial charge in [0.15, 0.2) is 6.10 Å². The maximum Gasteiger partial charge on any atom is 0.306 e. The van der Waals surface area contributed by atoms with Crippen LogP contribution in [0.3, 0.4) is 0 Å². The van der Waals surface area contributed by atoms with Crippen molar-refractivity contribution in [3.63, 3.8) is 0 Å². The summed E-state index contributed by atoms with van der Waals surface area (Å²) in [5.74, 6) is -1.01. The molecule has 0 aliphatic heterocycles. The van der Waals surface area contributed by atoms with Gasteiger partial charge >= 0.3 is 17.9 Å². The normalized spacial score (nSPS) is 13.0. The molecule has 0 aliphatic carbocycles. The Kier molecular flexibility index (Phi) is 54.9. The Labute approximate surface area is 437 Å². The molecule has 6 nitrogen and oxygen atoms in total. The van der Waals surface area contributed by atoms with Crippen LogP contribution in [0.4, 0.5) is 0 Å². The number of unbranched alkanes of at least 4 members (excludes halogenated alkanes) is 20. The van der Waals surface area contributed by atoms with Gasteiger partial charge in [0.05, 0.1) is 0 Å². The SMILES string of the molecule is CC/C=C\C/C=C\C/C=C\C/C=C\C/C=C\CCCCCC(=O)OC[C@H](COC(=O)CCC/C=C\C/C=C\C/C=C\C/C=C\CCCCC)OC(=O)CCCCCCCCC/C=C\CCCCCCCC. The highest BCUT2D eigenvalue weighted by atomic mass is 16.6. The summed E-state index contributed by atoms with van der Waals surface area (Å²) in [5, 5.41) is 0. The van der Waals surface area contributed by atoms with Crippen molar-refractivity contribution < 1.29 is 28.6 Å². The fraction of sp³-hybridized carbons (Fsp3) is 0.646. The lowest BCUT2D eigenvalue weighted by molar-refractivity contribution is -0.167. The molecule has 0 heterocycles. The highest BCUT2D eigenvalue weighted by Crippen LogP contribution is 2.13. The van der Waals surface area contributed by atoms with Crippen molar-refractivity contribution in [1.29, 1.82) is 0 Å². The van der Waals surface area contributed by atoms with Crippen molar-refractivity contribution in [3.8, 4) is 0 Å². The third-order valence-electron chi connectivity index (χ3n) is 11.9. The van der Waals surface area contributed by atoms with Crippen molar-refractivity contribution >= 4 is 17.9 Å². The van der Waals surface area contributed by atoms with Gasteiger partial charge in [-0.2, -0.15) is 0 Å². The zero-order chi connectivity index (χ0) is 51.4. The average molecular weight is 984 g/mol. The van der Waals surface area contributed by atoms with Crippen LogP contribution in [-0.4, -0.2) is 37.2 Å². The molecule has 0 fully saturated rings. The van der Waals surface area contributed by atoms with Gasteiger partial charge in [-0.15, -0.1) is 0 Å². The van der Waals surface area contributed by atoms with Gasteiger partial charge in [-0.1, -0.05) is 226 Å². The molecule has 0 amide bonds. The Balaban J connectivity index is 4.55. The minimum Gasteiger partial charge on any atom is -0.462 e. The Morgan fingerprint density at radius 2 is 0.563 bits per heavy atom. The number of allylic oxidation sites excluding steroid dienone is 20. The molecule has 0 spiro atoms. The predicted molar refractivity (Wildman–Crippen MR) is 306 cm³/mol. The summed E-state index contributed by atoms with van der Waals surface area (Å²) < 4.78 is 16.8. The van der Waals surface area contributed by atoms with Gasteiger partial charge in [-0.3, -0.25) is 14.4 Å². The number of esters is 3. The van der Waals surface area contributed by atoms with Gasteiger partial charge in [-0.05, 0) is 128 Å². The monoisotopic (exact) mass is 983 g/mol. The lowest BCUT2D eigenvalue weighted by Crippen LogP contribution is -2.30. The van der Waals surface area contributed by atoms with Gasteiger partial charge in [-0.25, -0.2) is 0 Å². The fourth-order valence-electron chi connectivity index (χ4n) is 7.57. The van der Waals surface area contributed by atoms with E-state index in [1.807, 2.05) is 0 Å². The van der Waals surface area contributed by atoms with Crippen LogP contribution in [0.15, 0.2) is 122 Å². The number of hydrogen-bond donors (Lipinski definition) is 0. The topological polar surface area (TPSA) is 78.9 Å². The van der Waals surface area contributed by atoms with E-state index in [-0.39, 0.29) is 37.5 Å². The van der Waals surface area contributed by atoms with E-state index in [0.717, 1.165) is 103 Å². The zero-order valence-corrected chi connectivity index (χ0v) is 45.9.